The molecule has 0 aliphatic heterocycles. The Labute approximate surface area is 85.5 Å². The fraction of sp³-hybridized carbons (Fsp3) is 0.714. The smallest absolute Gasteiger partial charge is 0.327 e. The third-order valence-electron chi connectivity index (χ3n) is 1.56. The van der Waals surface area contributed by atoms with Crippen LogP contribution in [0.2, 0.25) is 0 Å². The van der Waals surface area contributed by atoms with E-state index in [1.54, 1.807) is 0 Å². The molecule has 0 fully saturated rings. The molecule has 0 radical (unpaired) electrons. The lowest BCUT2D eigenvalue weighted by atomic mass is 10.0. The van der Waals surface area contributed by atoms with Gasteiger partial charge in [0.1, 0.15) is 6.04 Å². The van der Waals surface area contributed by atoms with Crippen LogP contribution in [0.4, 0.5) is 0 Å². The maximum absolute atomic E-state index is 10.8. The van der Waals surface area contributed by atoms with Crippen LogP contribution in [-0.2, 0) is 9.59 Å². The van der Waals surface area contributed by atoms with E-state index in [1.807, 2.05) is 0 Å². The fourth-order valence-electron chi connectivity index (χ4n) is 0.885. The Morgan fingerprint density at radius 1 is 1.50 bits per heavy atom. The van der Waals surface area contributed by atoms with Crippen molar-refractivity contribution < 1.29 is 14.7 Å². The highest BCUT2D eigenvalue weighted by atomic mass is 32.2. The quantitative estimate of drug-likeness (QED) is 0.527. The van der Waals surface area contributed by atoms with Crippen LogP contribution in [0.25, 0.3) is 0 Å². The number of amides is 1. The van der Waals surface area contributed by atoms with Crippen molar-refractivity contribution in [3.8, 4) is 0 Å². The first kappa shape index (κ1) is 12.9. The molecule has 0 unspecified atom stereocenters. The second kappa shape index (κ2) is 4.94. The number of nitrogens with one attached hydrogen (secondary N) is 1. The number of carboxylic acid groups (broad SMARTS) is 1. The molecule has 80 valence electrons. The van der Waals surface area contributed by atoms with Crippen molar-refractivity contribution >= 4 is 23.8 Å². The summed E-state index contributed by atoms with van der Waals surface area (Å²) in [4.78, 5) is 31.5. The van der Waals surface area contributed by atoms with Gasteiger partial charge in [0, 0.05) is 23.5 Å². The van der Waals surface area contributed by atoms with Gasteiger partial charge < -0.3 is 10.4 Å². The zero-order valence-electron chi connectivity index (χ0n) is 8.10. The first-order chi connectivity index (χ1) is 6.31. The van der Waals surface area contributed by atoms with Crippen LogP contribution >= 0.6 is 11.9 Å². The third kappa shape index (κ3) is 3.73. The van der Waals surface area contributed by atoms with Gasteiger partial charge in [-0.2, -0.15) is 0 Å². The van der Waals surface area contributed by atoms with Crippen LogP contribution < -0.4 is 5.32 Å². The van der Waals surface area contributed by atoms with Crippen molar-refractivity contribution in [2.45, 2.75) is 31.6 Å². The average Bonchev–Trinajstić information content (AvgIpc) is 1.99. The van der Waals surface area contributed by atoms with Crippen LogP contribution in [0.15, 0.2) is 4.58 Å². The van der Waals surface area contributed by atoms with Gasteiger partial charge >= 0.3 is 5.97 Å². The highest BCUT2D eigenvalue weighted by molar-refractivity contribution is 7.99. The summed E-state index contributed by atoms with van der Waals surface area (Å²) in [7, 11) is 0. The Morgan fingerprint density at radius 3 is 2.29 bits per heavy atom. The molecule has 0 aliphatic rings. The lowest BCUT2D eigenvalue weighted by Gasteiger charge is -2.27. The molecular formula is C7H12N2O4S. The van der Waals surface area contributed by atoms with Gasteiger partial charge in [0.2, 0.25) is 5.91 Å². The van der Waals surface area contributed by atoms with Gasteiger partial charge in [0.05, 0.1) is 4.75 Å². The summed E-state index contributed by atoms with van der Waals surface area (Å²) in [5, 5.41) is 11.1. The molecule has 0 aromatic carbocycles. The Hall–Kier alpha value is -1.11. The summed E-state index contributed by atoms with van der Waals surface area (Å²) in [6.07, 6.45) is 0. The summed E-state index contributed by atoms with van der Waals surface area (Å²) >= 11 is 0.586. The van der Waals surface area contributed by atoms with Crippen LogP contribution in [0, 0.1) is 4.91 Å². The number of carbonyl (C=O) groups is 2. The summed E-state index contributed by atoms with van der Waals surface area (Å²) in [5.41, 5.74) is 0. The molecule has 0 bridgehead atoms. The molecule has 1 amide bonds. The Kier molecular flexibility index (Phi) is 4.55. The second-order valence-corrected chi connectivity index (χ2v) is 4.62. The molecule has 7 heteroatoms. The van der Waals surface area contributed by atoms with Gasteiger partial charge in [-0.05, 0) is 13.8 Å². The average molecular weight is 220 g/mol. The van der Waals surface area contributed by atoms with Crippen molar-refractivity contribution in [2.75, 3.05) is 0 Å². The largest absolute Gasteiger partial charge is 0.480 e. The number of carbonyl (C=O) groups excluding carboxylic acids is 1. The highest BCUT2D eigenvalue weighted by Gasteiger charge is 2.37. The van der Waals surface area contributed by atoms with Crippen LogP contribution in [0.3, 0.4) is 0 Å². The molecule has 6 nitrogen and oxygen atoms in total. The lowest BCUT2D eigenvalue weighted by molar-refractivity contribution is -0.142. The van der Waals surface area contributed by atoms with Gasteiger partial charge in [-0.15, -0.1) is 4.91 Å². The molecule has 0 spiro atoms. The van der Waals surface area contributed by atoms with Gasteiger partial charge in [0.25, 0.3) is 0 Å². The van der Waals surface area contributed by atoms with Crippen molar-refractivity contribution in [3.63, 3.8) is 0 Å². The Bertz CT molecular complexity index is 254. The molecule has 0 heterocycles. The van der Waals surface area contributed by atoms with E-state index in [1.165, 1.54) is 20.8 Å². The topological polar surface area (TPSA) is 95.8 Å². The van der Waals surface area contributed by atoms with E-state index in [4.69, 9.17) is 5.11 Å². The van der Waals surface area contributed by atoms with E-state index >= 15 is 0 Å². The molecule has 0 rings (SSSR count). The molecule has 0 aromatic heterocycles. The van der Waals surface area contributed by atoms with Gasteiger partial charge in [-0.1, -0.05) is 0 Å². The van der Waals surface area contributed by atoms with Crippen LogP contribution in [-0.4, -0.2) is 27.8 Å². The number of nitroso groups, excluding NO2 is 1. The predicted octanol–water partition coefficient (Wildman–Crippen LogP) is 0.769. The molecule has 2 N–H and O–H groups in total. The van der Waals surface area contributed by atoms with E-state index < -0.39 is 22.7 Å². The fourth-order valence-corrected chi connectivity index (χ4v) is 1.34. The SMILES string of the molecule is CC(=O)N[C@H](C(=O)O)C(C)(C)SN=O. The van der Waals surface area contributed by atoms with E-state index in [0.29, 0.717) is 11.9 Å². The molecule has 0 saturated carbocycles. The molecular weight excluding hydrogens is 208 g/mol. The Morgan fingerprint density at radius 2 is 2.00 bits per heavy atom. The van der Waals surface area contributed by atoms with Crippen LogP contribution in [0.1, 0.15) is 20.8 Å². The highest BCUT2D eigenvalue weighted by Crippen LogP contribution is 2.29. The van der Waals surface area contributed by atoms with E-state index in [9.17, 15) is 14.5 Å². The standard InChI is InChI=1S/C7H12N2O4S/c1-4(10)8-5(6(11)12)7(2,3)14-9-13/h5H,1-3H3,(H,8,10)(H,11,12)/t5-/m1/s1. The molecule has 0 saturated heterocycles. The van der Waals surface area contributed by atoms with Crippen molar-refractivity contribution in [2.24, 2.45) is 4.58 Å². The second-order valence-electron chi connectivity index (χ2n) is 3.24. The maximum Gasteiger partial charge on any atom is 0.327 e. The summed E-state index contributed by atoms with van der Waals surface area (Å²) in [6, 6.07) is -1.14. The molecule has 0 aromatic rings. The van der Waals surface area contributed by atoms with Crippen molar-refractivity contribution in [3.05, 3.63) is 4.91 Å². The molecule has 0 aliphatic carbocycles. The maximum atomic E-state index is 10.8. The zero-order valence-corrected chi connectivity index (χ0v) is 8.92. The minimum absolute atomic E-state index is 0.461. The number of aliphatic carboxylic acids is 1. The normalized spacial score (nSPS) is 13.1. The first-order valence-corrected chi connectivity index (χ1v) is 4.59. The predicted molar refractivity (Wildman–Crippen MR) is 52.7 cm³/mol. The van der Waals surface area contributed by atoms with Gasteiger partial charge in [-0.3, -0.25) is 4.79 Å². The Balaban J connectivity index is 4.71. The van der Waals surface area contributed by atoms with Crippen molar-refractivity contribution in [1.82, 2.24) is 5.32 Å². The van der Waals surface area contributed by atoms with E-state index in [2.05, 4.69) is 9.90 Å². The number of hydrogen-bond donors (Lipinski definition) is 2. The van der Waals surface area contributed by atoms with Gasteiger partial charge in [-0.25, -0.2) is 4.79 Å². The summed E-state index contributed by atoms with van der Waals surface area (Å²) in [5.74, 6) is -1.65. The number of nitrogens with zero attached hydrogens (tertiary/aromatic N) is 1. The molecule has 14 heavy (non-hydrogen) atoms. The lowest BCUT2D eigenvalue weighted by Crippen LogP contribution is -2.51. The number of carboxylic acids is 1. The van der Waals surface area contributed by atoms with Crippen molar-refractivity contribution in [1.29, 1.82) is 0 Å². The summed E-state index contributed by atoms with van der Waals surface area (Å²) < 4.78 is 1.60. The van der Waals surface area contributed by atoms with E-state index in [-0.39, 0.29) is 0 Å². The minimum atomic E-state index is -1.19. The summed E-state index contributed by atoms with van der Waals surface area (Å²) in [6.45, 7) is 4.26. The van der Waals surface area contributed by atoms with Crippen LogP contribution in [0.5, 0.6) is 0 Å². The van der Waals surface area contributed by atoms with E-state index in [0.717, 1.165) is 0 Å². The monoisotopic (exact) mass is 220 g/mol. The number of rotatable bonds is 5. The zero-order chi connectivity index (χ0) is 11.4. The minimum Gasteiger partial charge on any atom is -0.480 e. The number of hydrogen-bond acceptors (Lipinski definition) is 5. The molecule has 1 atom stereocenters. The third-order valence-corrected chi connectivity index (χ3v) is 2.34. The first-order valence-electron chi connectivity index (χ1n) is 3.82. The van der Waals surface area contributed by atoms with Gasteiger partial charge in [0.15, 0.2) is 0 Å².